The molecule has 0 spiro atoms. The van der Waals surface area contributed by atoms with Gasteiger partial charge in [0.05, 0.1) is 50.2 Å². The zero-order valence-electron chi connectivity index (χ0n) is 26.7. The number of pyridine rings is 1. The van der Waals surface area contributed by atoms with Crippen molar-refractivity contribution in [1.82, 2.24) is 4.98 Å². The standard InChI is InChI=1S/C36H29Cl2N3O8S/c1-20-4-12-26(13-5-20)50(46,47)21(2)34(43)41-31-17-32(42)30(18-33(31)49-25-10-6-22(7-11-25)36(45)48-3)40-35(44)24-9-15-29(39-19-24)23-8-14-27(37)28(38)16-23/h4-19,21,42H,1-3H3,(H,40,44)(H,41,43). The van der Waals surface area contributed by atoms with Gasteiger partial charge >= 0.3 is 5.97 Å². The number of halogens is 2. The zero-order chi connectivity index (χ0) is 36.2. The third-order valence-electron chi connectivity index (χ3n) is 7.53. The van der Waals surface area contributed by atoms with Crippen LogP contribution in [0.25, 0.3) is 11.3 Å². The molecule has 1 atom stereocenters. The maximum atomic E-state index is 13.3. The number of carbonyl (C=O) groups excluding carboxylic acids is 3. The predicted molar refractivity (Wildman–Crippen MR) is 190 cm³/mol. The number of nitrogens with one attached hydrogen (secondary N) is 2. The summed E-state index contributed by atoms with van der Waals surface area (Å²) in [4.78, 5) is 42.7. The Labute approximate surface area is 297 Å². The Kier molecular flexibility index (Phi) is 10.8. The maximum absolute atomic E-state index is 13.3. The molecule has 0 bridgehead atoms. The number of aryl methyl sites for hydroxylation is 1. The molecule has 2 amide bonds. The Balaban J connectivity index is 1.43. The van der Waals surface area contributed by atoms with Crippen LogP contribution >= 0.6 is 23.2 Å². The molecular weight excluding hydrogens is 705 g/mol. The van der Waals surface area contributed by atoms with Crippen molar-refractivity contribution in [2.75, 3.05) is 17.7 Å². The Morgan fingerprint density at radius 2 is 1.50 bits per heavy atom. The number of methoxy groups -OCH3 is 1. The minimum Gasteiger partial charge on any atom is -0.506 e. The van der Waals surface area contributed by atoms with Gasteiger partial charge in [0.15, 0.2) is 15.6 Å². The van der Waals surface area contributed by atoms with E-state index in [1.165, 1.54) is 68.8 Å². The molecule has 14 heteroatoms. The number of nitrogens with zero attached hydrogens (tertiary/aromatic N) is 1. The molecule has 0 aliphatic rings. The minimum atomic E-state index is -4.09. The first-order chi connectivity index (χ1) is 23.8. The second-order valence-corrected chi connectivity index (χ2v) is 14.1. The number of benzene rings is 4. The van der Waals surface area contributed by atoms with Crippen LogP contribution in [0.1, 0.15) is 33.2 Å². The van der Waals surface area contributed by atoms with Gasteiger partial charge in [0.2, 0.25) is 5.91 Å². The van der Waals surface area contributed by atoms with Gasteiger partial charge in [0.1, 0.15) is 16.7 Å². The second-order valence-electron chi connectivity index (χ2n) is 11.0. The van der Waals surface area contributed by atoms with Crippen molar-refractivity contribution < 1.29 is 37.4 Å². The van der Waals surface area contributed by atoms with Crippen LogP contribution in [0, 0.1) is 6.92 Å². The van der Waals surface area contributed by atoms with Gasteiger partial charge in [-0.2, -0.15) is 0 Å². The summed E-state index contributed by atoms with van der Waals surface area (Å²) in [5.74, 6) is -2.42. The molecule has 0 radical (unpaired) electrons. The summed E-state index contributed by atoms with van der Waals surface area (Å²) in [5, 5.41) is 15.3. The Bertz CT molecular complexity index is 2190. The summed E-state index contributed by atoms with van der Waals surface area (Å²) in [6, 6.07) is 22.5. The van der Waals surface area contributed by atoms with Crippen molar-refractivity contribution in [2.24, 2.45) is 0 Å². The SMILES string of the molecule is COC(=O)c1ccc(Oc2cc(NC(=O)c3ccc(-c4ccc(Cl)c(Cl)c4)nc3)c(O)cc2NC(=O)C(C)S(=O)(=O)c2ccc(C)cc2)cc1. The fraction of sp³-hybridized carbons (Fsp3) is 0.111. The van der Waals surface area contributed by atoms with Crippen molar-refractivity contribution in [3.63, 3.8) is 0 Å². The lowest BCUT2D eigenvalue weighted by Crippen LogP contribution is -2.32. The smallest absolute Gasteiger partial charge is 0.337 e. The summed E-state index contributed by atoms with van der Waals surface area (Å²) in [6.07, 6.45) is 1.34. The molecule has 256 valence electrons. The van der Waals surface area contributed by atoms with Gasteiger partial charge < -0.3 is 25.2 Å². The highest BCUT2D eigenvalue weighted by Crippen LogP contribution is 2.39. The van der Waals surface area contributed by atoms with Crippen LogP contribution in [0.15, 0.2) is 102 Å². The molecule has 1 aromatic heterocycles. The van der Waals surface area contributed by atoms with Gasteiger partial charge in [-0.3, -0.25) is 14.6 Å². The molecule has 1 heterocycles. The van der Waals surface area contributed by atoms with E-state index < -0.39 is 38.6 Å². The number of anilines is 2. The number of carbonyl (C=O) groups is 3. The number of esters is 1. The van der Waals surface area contributed by atoms with Gasteiger partial charge in [-0.1, -0.05) is 47.0 Å². The molecule has 0 aliphatic heterocycles. The van der Waals surface area contributed by atoms with E-state index in [9.17, 15) is 27.9 Å². The summed E-state index contributed by atoms with van der Waals surface area (Å²) in [5.41, 5.74) is 2.29. The van der Waals surface area contributed by atoms with Crippen LogP contribution in [0.5, 0.6) is 17.2 Å². The molecule has 3 N–H and O–H groups in total. The molecular formula is C36H29Cl2N3O8S. The Morgan fingerprint density at radius 1 is 0.820 bits per heavy atom. The highest BCUT2D eigenvalue weighted by Gasteiger charge is 2.31. The van der Waals surface area contributed by atoms with Crippen molar-refractivity contribution in [1.29, 1.82) is 0 Å². The highest BCUT2D eigenvalue weighted by molar-refractivity contribution is 7.92. The number of ether oxygens (including phenoxy) is 2. The van der Waals surface area contributed by atoms with Gasteiger partial charge in [0, 0.05) is 23.9 Å². The van der Waals surface area contributed by atoms with Crippen LogP contribution in [-0.2, 0) is 19.4 Å². The van der Waals surface area contributed by atoms with E-state index in [-0.39, 0.29) is 38.9 Å². The molecule has 0 fully saturated rings. The molecule has 50 heavy (non-hydrogen) atoms. The van der Waals surface area contributed by atoms with Gasteiger partial charge in [0.25, 0.3) is 5.91 Å². The Hall–Kier alpha value is -5.43. The average Bonchev–Trinajstić information content (AvgIpc) is 3.11. The number of sulfone groups is 1. The topological polar surface area (TPSA) is 161 Å². The highest BCUT2D eigenvalue weighted by atomic mass is 35.5. The average molecular weight is 735 g/mol. The van der Waals surface area contributed by atoms with Crippen molar-refractivity contribution in [3.8, 4) is 28.5 Å². The first kappa shape index (κ1) is 35.9. The molecule has 5 aromatic rings. The van der Waals surface area contributed by atoms with E-state index in [0.29, 0.717) is 21.3 Å². The van der Waals surface area contributed by atoms with Gasteiger partial charge in [-0.15, -0.1) is 0 Å². The fourth-order valence-corrected chi connectivity index (χ4v) is 6.17. The maximum Gasteiger partial charge on any atom is 0.337 e. The lowest BCUT2D eigenvalue weighted by Gasteiger charge is -2.18. The molecule has 11 nitrogen and oxygen atoms in total. The third-order valence-corrected chi connectivity index (χ3v) is 10.3. The quantitative estimate of drug-likeness (QED) is 0.0965. The fourth-order valence-electron chi connectivity index (χ4n) is 4.61. The number of aromatic nitrogens is 1. The molecule has 5 rings (SSSR count). The summed E-state index contributed by atoms with van der Waals surface area (Å²) in [6.45, 7) is 3.05. The number of phenolic OH excluding ortho intramolecular Hbond substituents is 1. The first-order valence-corrected chi connectivity index (χ1v) is 17.1. The monoisotopic (exact) mass is 733 g/mol. The lowest BCUT2D eigenvalue weighted by molar-refractivity contribution is -0.115. The second kappa shape index (κ2) is 15.0. The third kappa shape index (κ3) is 8.05. The number of rotatable bonds is 10. The zero-order valence-corrected chi connectivity index (χ0v) is 29.1. The van der Waals surface area contributed by atoms with E-state index >= 15 is 0 Å². The van der Waals surface area contributed by atoms with Crippen LogP contribution in [0.2, 0.25) is 10.0 Å². The number of phenols is 1. The van der Waals surface area contributed by atoms with Gasteiger partial charge in [-0.05, 0) is 74.5 Å². The van der Waals surface area contributed by atoms with Crippen LogP contribution in [0.4, 0.5) is 11.4 Å². The van der Waals surface area contributed by atoms with Crippen LogP contribution in [0.3, 0.4) is 0 Å². The van der Waals surface area contributed by atoms with Gasteiger partial charge in [-0.25, -0.2) is 13.2 Å². The Morgan fingerprint density at radius 3 is 2.12 bits per heavy atom. The van der Waals surface area contributed by atoms with Crippen molar-refractivity contribution in [3.05, 3.63) is 124 Å². The van der Waals surface area contributed by atoms with Crippen LogP contribution in [-0.4, -0.2) is 48.7 Å². The van der Waals surface area contributed by atoms with E-state index in [1.54, 1.807) is 36.4 Å². The molecule has 0 saturated heterocycles. The minimum absolute atomic E-state index is 0.0340. The van der Waals surface area contributed by atoms with E-state index in [4.69, 9.17) is 32.7 Å². The van der Waals surface area contributed by atoms with Crippen molar-refractivity contribution in [2.45, 2.75) is 24.0 Å². The molecule has 4 aromatic carbocycles. The summed E-state index contributed by atoms with van der Waals surface area (Å²) < 4.78 is 37.2. The predicted octanol–water partition coefficient (Wildman–Crippen LogP) is 7.70. The van der Waals surface area contributed by atoms with E-state index in [2.05, 4.69) is 15.6 Å². The number of aromatic hydroxyl groups is 1. The largest absolute Gasteiger partial charge is 0.506 e. The van der Waals surface area contributed by atoms with Crippen LogP contribution < -0.4 is 15.4 Å². The molecule has 0 aliphatic carbocycles. The first-order valence-electron chi connectivity index (χ1n) is 14.8. The number of hydrogen-bond acceptors (Lipinski definition) is 9. The number of hydrogen-bond donors (Lipinski definition) is 3. The lowest BCUT2D eigenvalue weighted by atomic mass is 10.1. The number of amides is 2. The molecule has 1 unspecified atom stereocenters. The molecule has 0 saturated carbocycles. The van der Waals surface area contributed by atoms with E-state index in [1.807, 2.05) is 6.92 Å². The van der Waals surface area contributed by atoms with E-state index in [0.717, 1.165) is 11.6 Å². The summed E-state index contributed by atoms with van der Waals surface area (Å²) >= 11 is 12.1. The normalized spacial score (nSPS) is 11.7. The summed E-state index contributed by atoms with van der Waals surface area (Å²) in [7, 11) is -2.84. The van der Waals surface area contributed by atoms with Crippen molar-refractivity contribution >= 4 is 62.2 Å².